The molecular weight excluding hydrogens is 362 g/mol. The Morgan fingerprint density at radius 1 is 1.10 bits per heavy atom. The van der Waals surface area contributed by atoms with Crippen LogP contribution in [-0.4, -0.2) is 30.2 Å². The fourth-order valence-electron chi connectivity index (χ4n) is 4.84. The first-order valence-electron chi connectivity index (χ1n) is 10.4. The monoisotopic (exact) mass is 391 g/mol. The Bertz CT molecular complexity index is 896. The summed E-state index contributed by atoms with van der Waals surface area (Å²) in [6, 6.07) is 14.4. The predicted octanol–water partition coefficient (Wildman–Crippen LogP) is 5.66. The van der Waals surface area contributed by atoms with Crippen molar-refractivity contribution in [3.8, 4) is 5.75 Å². The lowest BCUT2D eigenvalue weighted by atomic mass is 9.81. The molecular formula is C25H29NO3. The van der Waals surface area contributed by atoms with Gasteiger partial charge in [0.1, 0.15) is 12.4 Å². The Kier molecular flexibility index (Phi) is 5.61. The Morgan fingerprint density at radius 2 is 1.83 bits per heavy atom. The smallest absolute Gasteiger partial charge is 0.410 e. The van der Waals surface area contributed by atoms with Gasteiger partial charge in [-0.05, 0) is 79.5 Å². The number of aryl methyl sites for hydroxylation is 2. The highest BCUT2D eigenvalue weighted by Crippen LogP contribution is 2.40. The summed E-state index contributed by atoms with van der Waals surface area (Å²) in [6.45, 7) is 4.60. The number of methoxy groups -OCH3 is 1. The van der Waals surface area contributed by atoms with Crippen molar-refractivity contribution in [1.82, 2.24) is 4.90 Å². The highest BCUT2D eigenvalue weighted by Gasteiger charge is 2.38. The quantitative estimate of drug-likeness (QED) is 0.675. The molecule has 0 N–H and O–H groups in total. The number of ether oxygens (including phenoxy) is 2. The van der Waals surface area contributed by atoms with E-state index < -0.39 is 0 Å². The van der Waals surface area contributed by atoms with Crippen molar-refractivity contribution in [3.63, 3.8) is 0 Å². The van der Waals surface area contributed by atoms with E-state index in [2.05, 4.69) is 32.1 Å². The van der Waals surface area contributed by atoms with Gasteiger partial charge in [-0.1, -0.05) is 36.4 Å². The molecule has 0 radical (unpaired) electrons. The number of rotatable bonds is 4. The summed E-state index contributed by atoms with van der Waals surface area (Å²) in [4.78, 5) is 14.9. The molecule has 2 aromatic carbocycles. The van der Waals surface area contributed by atoms with Gasteiger partial charge in [0.15, 0.2) is 0 Å². The third-order valence-corrected chi connectivity index (χ3v) is 6.12. The number of nitrogens with zero attached hydrogens (tertiary/aromatic N) is 1. The molecule has 1 saturated heterocycles. The van der Waals surface area contributed by atoms with Crippen LogP contribution < -0.4 is 4.74 Å². The minimum absolute atomic E-state index is 0.113. The van der Waals surface area contributed by atoms with Gasteiger partial charge in [-0.3, -0.25) is 4.90 Å². The van der Waals surface area contributed by atoms with Crippen molar-refractivity contribution in [2.45, 2.75) is 58.2 Å². The number of hydrogen-bond donors (Lipinski definition) is 0. The first kappa shape index (κ1) is 19.6. The van der Waals surface area contributed by atoms with Crippen LogP contribution in [0.1, 0.15) is 47.9 Å². The van der Waals surface area contributed by atoms with E-state index in [1.165, 1.54) is 22.3 Å². The summed E-state index contributed by atoms with van der Waals surface area (Å²) in [5.74, 6) is 0.895. The van der Waals surface area contributed by atoms with E-state index >= 15 is 0 Å². The average Bonchev–Trinajstić information content (AvgIpc) is 2.71. The van der Waals surface area contributed by atoms with Crippen LogP contribution in [0.25, 0.3) is 5.57 Å². The van der Waals surface area contributed by atoms with E-state index in [4.69, 9.17) is 9.47 Å². The largest absolute Gasteiger partial charge is 0.497 e. The Morgan fingerprint density at radius 3 is 2.48 bits per heavy atom. The zero-order valence-electron chi connectivity index (χ0n) is 17.5. The van der Waals surface area contributed by atoms with Crippen LogP contribution in [0.4, 0.5) is 4.79 Å². The summed E-state index contributed by atoms with van der Waals surface area (Å²) in [7, 11) is 1.71. The molecule has 2 aliphatic heterocycles. The standard InChI is InChI=1S/C25H29NO3/c1-17-12-23(28-3)13-18(2)24(17)20-14-21-10-7-11-22(15-20)26(21)25(27)29-16-19-8-5-4-6-9-19/h4-6,8-9,12-14,21-22H,7,10-11,15-16H2,1-3H3. The second-order valence-electron chi connectivity index (χ2n) is 8.13. The molecule has 0 aliphatic carbocycles. The van der Waals surface area contributed by atoms with Gasteiger partial charge < -0.3 is 9.47 Å². The Balaban J connectivity index is 1.55. The average molecular weight is 392 g/mol. The molecule has 1 fully saturated rings. The van der Waals surface area contributed by atoms with Gasteiger partial charge in [0.05, 0.1) is 13.2 Å². The summed E-state index contributed by atoms with van der Waals surface area (Å²) < 4.78 is 11.1. The first-order valence-corrected chi connectivity index (χ1v) is 10.4. The minimum Gasteiger partial charge on any atom is -0.497 e. The molecule has 2 bridgehead atoms. The summed E-state index contributed by atoms with van der Waals surface area (Å²) >= 11 is 0. The van der Waals surface area contributed by atoms with Crippen molar-refractivity contribution >= 4 is 11.7 Å². The summed E-state index contributed by atoms with van der Waals surface area (Å²) in [6.07, 6.45) is 6.16. The second kappa shape index (κ2) is 8.32. The molecule has 0 aromatic heterocycles. The van der Waals surface area contributed by atoms with E-state index in [1.54, 1.807) is 7.11 Å². The van der Waals surface area contributed by atoms with Gasteiger partial charge in [0.25, 0.3) is 0 Å². The fraction of sp³-hybridized carbons (Fsp3) is 0.400. The Hall–Kier alpha value is -2.75. The molecule has 2 heterocycles. The molecule has 2 aromatic rings. The van der Waals surface area contributed by atoms with Gasteiger partial charge in [-0.25, -0.2) is 4.79 Å². The van der Waals surface area contributed by atoms with E-state index in [1.807, 2.05) is 35.2 Å². The van der Waals surface area contributed by atoms with Crippen LogP contribution in [0.5, 0.6) is 5.75 Å². The predicted molar refractivity (Wildman–Crippen MR) is 115 cm³/mol. The molecule has 2 unspecified atom stereocenters. The normalized spacial score (nSPS) is 20.8. The van der Waals surface area contributed by atoms with E-state index in [0.717, 1.165) is 37.0 Å². The molecule has 29 heavy (non-hydrogen) atoms. The van der Waals surface area contributed by atoms with Crippen LogP contribution in [0, 0.1) is 13.8 Å². The van der Waals surface area contributed by atoms with Gasteiger partial charge in [-0.15, -0.1) is 0 Å². The number of fused-ring (bicyclic) bond motifs is 2. The van der Waals surface area contributed by atoms with Crippen LogP contribution in [0.2, 0.25) is 0 Å². The number of carbonyl (C=O) groups is 1. The zero-order valence-corrected chi connectivity index (χ0v) is 17.5. The van der Waals surface area contributed by atoms with Crippen molar-refractivity contribution in [2.24, 2.45) is 0 Å². The van der Waals surface area contributed by atoms with Crippen molar-refractivity contribution < 1.29 is 14.3 Å². The lowest BCUT2D eigenvalue weighted by molar-refractivity contribution is 0.0510. The lowest BCUT2D eigenvalue weighted by Crippen LogP contribution is -2.51. The van der Waals surface area contributed by atoms with Crippen molar-refractivity contribution in [2.75, 3.05) is 7.11 Å². The fourth-order valence-corrected chi connectivity index (χ4v) is 4.84. The third kappa shape index (κ3) is 4.02. The van der Waals surface area contributed by atoms with Crippen molar-refractivity contribution in [3.05, 3.63) is 70.8 Å². The second-order valence-corrected chi connectivity index (χ2v) is 8.13. The van der Waals surface area contributed by atoms with Gasteiger partial charge in [0, 0.05) is 6.04 Å². The minimum atomic E-state index is -0.193. The van der Waals surface area contributed by atoms with Gasteiger partial charge >= 0.3 is 6.09 Å². The maximum absolute atomic E-state index is 12.9. The van der Waals surface area contributed by atoms with E-state index in [-0.39, 0.29) is 18.2 Å². The SMILES string of the molecule is COc1cc(C)c(C2=CC3CCCC(C2)N3C(=O)OCc2ccccc2)c(C)c1. The van der Waals surface area contributed by atoms with E-state index in [0.29, 0.717) is 6.61 Å². The molecule has 2 aliphatic rings. The number of piperidine rings is 1. The van der Waals surface area contributed by atoms with Gasteiger partial charge in [-0.2, -0.15) is 0 Å². The molecule has 1 amide bonds. The molecule has 0 spiro atoms. The highest BCUT2D eigenvalue weighted by molar-refractivity contribution is 5.77. The van der Waals surface area contributed by atoms with Crippen LogP contribution in [0.15, 0.2) is 48.5 Å². The van der Waals surface area contributed by atoms with Crippen LogP contribution >= 0.6 is 0 Å². The molecule has 4 rings (SSSR count). The maximum Gasteiger partial charge on any atom is 0.410 e. The number of carbonyl (C=O) groups excluding carboxylic acids is 1. The third-order valence-electron chi connectivity index (χ3n) is 6.12. The Labute approximate surface area is 173 Å². The lowest BCUT2D eigenvalue weighted by Gasteiger charge is -2.44. The van der Waals surface area contributed by atoms with Crippen LogP contribution in [-0.2, 0) is 11.3 Å². The number of amides is 1. The van der Waals surface area contributed by atoms with Crippen molar-refractivity contribution in [1.29, 1.82) is 0 Å². The number of benzene rings is 2. The maximum atomic E-state index is 12.9. The summed E-state index contributed by atoms with van der Waals surface area (Å²) in [5.41, 5.74) is 6.13. The zero-order chi connectivity index (χ0) is 20.4. The van der Waals surface area contributed by atoms with Gasteiger partial charge in [0.2, 0.25) is 0 Å². The summed E-state index contributed by atoms with van der Waals surface area (Å²) in [5, 5.41) is 0. The highest BCUT2D eigenvalue weighted by atomic mass is 16.6. The molecule has 0 saturated carbocycles. The molecule has 4 nitrogen and oxygen atoms in total. The topological polar surface area (TPSA) is 38.8 Å². The van der Waals surface area contributed by atoms with E-state index in [9.17, 15) is 4.79 Å². The number of hydrogen-bond acceptors (Lipinski definition) is 3. The molecule has 4 heteroatoms. The molecule has 2 atom stereocenters. The van der Waals surface area contributed by atoms with Crippen LogP contribution in [0.3, 0.4) is 0 Å². The molecule has 152 valence electrons. The first-order chi connectivity index (χ1) is 14.1.